The summed E-state index contributed by atoms with van der Waals surface area (Å²) >= 11 is 1.08. The Hall–Kier alpha value is -2.23. The summed E-state index contributed by atoms with van der Waals surface area (Å²) in [5.41, 5.74) is 1.07. The maximum atomic E-state index is 12.7. The first-order chi connectivity index (χ1) is 13.9. The molecule has 9 heteroatoms. The fraction of sp³-hybridized carbons (Fsp3) is 0.400. The van der Waals surface area contributed by atoms with Crippen LogP contribution >= 0.6 is 11.3 Å². The highest BCUT2D eigenvalue weighted by molar-refractivity contribution is 7.91. The number of hydrogen-bond donors (Lipinski definition) is 2. The van der Waals surface area contributed by atoms with Gasteiger partial charge in [-0.05, 0) is 48.6 Å². The average Bonchev–Trinajstić information content (AvgIpc) is 3.28. The van der Waals surface area contributed by atoms with E-state index in [4.69, 9.17) is 0 Å². The standard InChI is InChI=1S/C20H25N3O4S2/c1-23(17-6-3-2-4-7-17)20(25)15-9-11-16(12-10-15)22-18(24)14-21-29(26,27)19-8-5-13-28-19/h5,8-13,17,21H,2-4,6-7,14H2,1H3,(H,22,24). The van der Waals surface area contributed by atoms with Crippen molar-refractivity contribution in [3.8, 4) is 0 Å². The topological polar surface area (TPSA) is 95.6 Å². The van der Waals surface area contributed by atoms with Gasteiger partial charge in [-0.1, -0.05) is 25.3 Å². The van der Waals surface area contributed by atoms with Gasteiger partial charge in [0, 0.05) is 24.3 Å². The number of benzene rings is 1. The molecule has 2 amide bonds. The third kappa shape index (κ3) is 5.65. The van der Waals surface area contributed by atoms with Crippen LogP contribution in [0.25, 0.3) is 0 Å². The van der Waals surface area contributed by atoms with Gasteiger partial charge in [0.1, 0.15) is 4.21 Å². The molecule has 0 unspecified atom stereocenters. The van der Waals surface area contributed by atoms with Crippen molar-refractivity contribution in [3.63, 3.8) is 0 Å². The Bertz CT molecular complexity index is 935. The number of anilines is 1. The zero-order valence-electron chi connectivity index (χ0n) is 16.3. The van der Waals surface area contributed by atoms with Crippen molar-refractivity contribution in [3.05, 3.63) is 47.3 Å². The molecule has 1 saturated carbocycles. The van der Waals surface area contributed by atoms with E-state index in [1.807, 2.05) is 11.9 Å². The highest BCUT2D eigenvalue weighted by Gasteiger charge is 2.23. The molecule has 156 valence electrons. The minimum atomic E-state index is -3.69. The van der Waals surface area contributed by atoms with Crippen molar-refractivity contribution in [2.45, 2.75) is 42.4 Å². The van der Waals surface area contributed by atoms with Crippen LogP contribution in [0, 0.1) is 0 Å². The van der Waals surface area contributed by atoms with Gasteiger partial charge < -0.3 is 10.2 Å². The maximum Gasteiger partial charge on any atom is 0.253 e. The molecule has 1 heterocycles. The van der Waals surface area contributed by atoms with Crippen molar-refractivity contribution in [2.75, 3.05) is 18.9 Å². The second-order valence-electron chi connectivity index (χ2n) is 7.09. The maximum absolute atomic E-state index is 12.7. The zero-order valence-corrected chi connectivity index (χ0v) is 17.9. The van der Waals surface area contributed by atoms with Crippen LogP contribution in [0.1, 0.15) is 42.5 Å². The molecule has 1 aromatic carbocycles. The number of rotatable bonds is 7. The number of nitrogens with zero attached hydrogens (tertiary/aromatic N) is 1. The molecule has 0 saturated heterocycles. The lowest BCUT2D eigenvalue weighted by Gasteiger charge is -2.31. The van der Waals surface area contributed by atoms with Crippen LogP contribution in [0.15, 0.2) is 46.0 Å². The first-order valence-electron chi connectivity index (χ1n) is 9.57. The number of nitrogens with one attached hydrogen (secondary N) is 2. The summed E-state index contributed by atoms with van der Waals surface area (Å²) in [6, 6.07) is 10.0. The van der Waals surface area contributed by atoms with Crippen molar-refractivity contribution < 1.29 is 18.0 Å². The van der Waals surface area contributed by atoms with Gasteiger partial charge in [-0.2, -0.15) is 0 Å². The lowest BCUT2D eigenvalue weighted by atomic mass is 9.94. The molecule has 7 nitrogen and oxygen atoms in total. The predicted octanol–water partition coefficient (Wildman–Crippen LogP) is 3.07. The summed E-state index contributed by atoms with van der Waals surface area (Å²) < 4.78 is 26.5. The minimum absolute atomic E-state index is 0.0292. The van der Waals surface area contributed by atoms with Gasteiger partial charge in [0.2, 0.25) is 5.91 Å². The largest absolute Gasteiger partial charge is 0.339 e. The number of sulfonamides is 1. The Balaban J connectivity index is 1.53. The van der Waals surface area contributed by atoms with E-state index in [-0.39, 0.29) is 22.7 Å². The zero-order chi connectivity index (χ0) is 20.9. The molecule has 2 N–H and O–H groups in total. The van der Waals surface area contributed by atoms with Crippen LogP contribution < -0.4 is 10.0 Å². The monoisotopic (exact) mass is 435 g/mol. The Labute approximate surface area is 175 Å². The first-order valence-corrected chi connectivity index (χ1v) is 11.9. The number of carbonyl (C=O) groups is 2. The minimum Gasteiger partial charge on any atom is -0.339 e. The van der Waals surface area contributed by atoms with Crippen molar-refractivity contribution in [1.82, 2.24) is 9.62 Å². The molecule has 0 aliphatic heterocycles. The van der Waals surface area contributed by atoms with E-state index in [9.17, 15) is 18.0 Å². The second-order valence-corrected chi connectivity index (χ2v) is 10.0. The normalized spacial score (nSPS) is 15.1. The fourth-order valence-corrected chi connectivity index (χ4v) is 5.41. The van der Waals surface area contributed by atoms with Crippen LogP contribution in [0.4, 0.5) is 5.69 Å². The fourth-order valence-electron chi connectivity index (χ4n) is 3.39. The van der Waals surface area contributed by atoms with Gasteiger partial charge in [-0.25, -0.2) is 13.1 Å². The summed E-state index contributed by atoms with van der Waals surface area (Å²) in [6.07, 6.45) is 5.62. The Morgan fingerprint density at radius 1 is 1.10 bits per heavy atom. The molecule has 1 fully saturated rings. The number of carbonyl (C=O) groups excluding carboxylic acids is 2. The van der Waals surface area contributed by atoms with E-state index < -0.39 is 15.9 Å². The summed E-state index contributed by atoms with van der Waals surface area (Å²) in [6.45, 7) is -0.370. The lowest BCUT2D eigenvalue weighted by molar-refractivity contribution is -0.115. The third-order valence-electron chi connectivity index (χ3n) is 5.04. The van der Waals surface area contributed by atoms with Crippen molar-refractivity contribution >= 4 is 38.9 Å². The summed E-state index contributed by atoms with van der Waals surface area (Å²) in [5, 5.41) is 4.29. The van der Waals surface area contributed by atoms with E-state index in [1.54, 1.807) is 35.7 Å². The molecule has 1 aliphatic rings. The highest BCUT2D eigenvalue weighted by Crippen LogP contribution is 2.23. The predicted molar refractivity (Wildman–Crippen MR) is 114 cm³/mol. The van der Waals surface area contributed by atoms with Crippen LogP contribution in [0.2, 0.25) is 0 Å². The molecule has 0 bridgehead atoms. The van der Waals surface area contributed by atoms with Gasteiger partial charge in [0.15, 0.2) is 0 Å². The quantitative estimate of drug-likeness (QED) is 0.699. The molecule has 29 heavy (non-hydrogen) atoms. The number of hydrogen-bond acceptors (Lipinski definition) is 5. The van der Waals surface area contributed by atoms with Crippen LogP contribution in [0.5, 0.6) is 0 Å². The van der Waals surface area contributed by atoms with Crippen LogP contribution in [-0.2, 0) is 14.8 Å². The Morgan fingerprint density at radius 3 is 2.41 bits per heavy atom. The molecular weight excluding hydrogens is 410 g/mol. The summed E-state index contributed by atoms with van der Waals surface area (Å²) in [4.78, 5) is 26.5. The van der Waals surface area contributed by atoms with E-state index in [0.29, 0.717) is 11.3 Å². The molecule has 0 spiro atoms. The number of thiophene rings is 1. The third-order valence-corrected chi connectivity index (χ3v) is 7.84. The highest BCUT2D eigenvalue weighted by atomic mass is 32.2. The Morgan fingerprint density at radius 2 is 1.79 bits per heavy atom. The lowest BCUT2D eigenvalue weighted by Crippen LogP contribution is -2.38. The van der Waals surface area contributed by atoms with Gasteiger partial charge in [0.25, 0.3) is 15.9 Å². The summed E-state index contributed by atoms with van der Waals surface area (Å²) in [7, 11) is -1.84. The smallest absolute Gasteiger partial charge is 0.253 e. The van der Waals surface area contributed by atoms with Crippen molar-refractivity contribution in [1.29, 1.82) is 0 Å². The average molecular weight is 436 g/mol. The molecule has 2 aromatic rings. The van der Waals surface area contributed by atoms with E-state index in [2.05, 4.69) is 10.0 Å². The molecule has 1 aromatic heterocycles. The van der Waals surface area contributed by atoms with Gasteiger partial charge in [0.05, 0.1) is 6.54 Å². The number of amides is 2. The van der Waals surface area contributed by atoms with Gasteiger partial charge in [-0.3, -0.25) is 9.59 Å². The van der Waals surface area contributed by atoms with Gasteiger partial charge in [-0.15, -0.1) is 11.3 Å². The van der Waals surface area contributed by atoms with Gasteiger partial charge >= 0.3 is 0 Å². The van der Waals surface area contributed by atoms with Crippen molar-refractivity contribution in [2.24, 2.45) is 0 Å². The molecule has 0 radical (unpaired) electrons. The molecule has 0 atom stereocenters. The van der Waals surface area contributed by atoms with Crippen LogP contribution in [-0.4, -0.2) is 44.8 Å². The first kappa shape index (κ1) is 21.5. The second kappa shape index (κ2) is 9.51. The van der Waals surface area contributed by atoms with Crippen LogP contribution in [0.3, 0.4) is 0 Å². The van der Waals surface area contributed by atoms with E-state index >= 15 is 0 Å². The summed E-state index contributed by atoms with van der Waals surface area (Å²) in [5.74, 6) is -0.512. The molecule has 1 aliphatic carbocycles. The SMILES string of the molecule is CN(C(=O)c1ccc(NC(=O)CNS(=O)(=O)c2cccs2)cc1)C1CCCCC1. The molecular formula is C20H25N3O4S2. The molecule has 3 rings (SSSR count). The van der Waals surface area contributed by atoms with E-state index in [1.165, 1.54) is 12.5 Å². The van der Waals surface area contributed by atoms with E-state index in [0.717, 1.165) is 37.0 Å². The Kier molecular flexibility index (Phi) is 7.05.